The second kappa shape index (κ2) is 7.87. The van der Waals surface area contributed by atoms with Crippen LogP contribution in [0.1, 0.15) is 28.3 Å². The molecule has 0 aliphatic heterocycles. The van der Waals surface area contributed by atoms with Crippen molar-refractivity contribution in [2.45, 2.75) is 30.2 Å². The van der Waals surface area contributed by atoms with Crippen molar-refractivity contribution in [3.63, 3.8) is 0 Å². The van der Waals surface area contributed by atoms with E-state index in [1.165, 1.54) is 17.8 Å². The van der Waals surface area contributed by atoms with E-state index >= 15 is 0 Å². The highest BCUT2D eigenvalue weighted by Gasteiger charge is 2.30. The fourth-order valence-electron chi connectivity index (χ4n) is 2.96. The maximum Gasteiger partial charge on any atom is 0.416 e. The first-order valence-electron chi connectivity index (χ1n) is 8.95. The molecule has 0 aliphatic carbocycles. The molecule has 4 rings (SSSR count). The van der Waals surface area contributed by atoms with Gasteiger partial charge in [0.15, 0.2) is 5.82 Å². The zero-order valence-electron chi connectivity index (χ0n) is 15.5. The number of hydrogen-bond donors (Lipinski definition) is 0. The van der Waals surface area contributed by atoms with Crippen LogP contribution in [0.4, 0.5) is 13.2 Å². The van der Waals surface area contributed by atoms with Crippen LogP contribution in [0.25, 0.3) is 5.78 Å². The number of hydrogen-bond acceptors (Lipinski definition) is 4. The van der Waals surface area contributed by atoms with Crippen LogP contribution < -0.4 is 0 Å². The second-order valence-corrected chi connectivity index (χ2v) is 7.65. The smallest absolute Gasteiger partial charge is 0.215 e. The van der Waals surface area contributed by atoms with E-state index < -0.39 is 11.7 Å². The Morgan fingerprint density at radius 2 is 1.76 bits per heavy atom. The van der Waals surface area contributed by atoms with E-state index in [0.717, 1.165) is 29.1 Å². The van der Waals surface area contributed by atoms with Crippen LogP contribution >= 0.6 is 11.8 Å². The van der Waals surface area contributed by atoms with Gasteiger partial charge in [0.1, 0.15) is 0 Å². The Morgan fingerprint density at radius 1 is 0.966 bits per heavy atom. The van der Waals surface area contributed by atoms with Crippen LogP contribution in [0.15, 0.2) is 65.6 Å². The number of thioether (sulfide) groups is 1. The summed E-state index contributed by atoms with van der Waals surface area (Å²) in [6.45, 7) is 1.91. The van der Waals surface area contributed by atoms with Crippen LogP contribution in [0.3, 0.4) is 0 Å². The summed E-state index contributed by atoms with van der Waals surface area (Å²) >= 11 is 1.31. The Morgan fingerprint density at radius 3 is 2.52 bits per heavy atom. The van der Waals surface area contributed by atoms with Gasteiger partial charge in [0, 0.05) is 22.8 Å². The molecule has 2 aromatic carbocycles. The standard InChI is InChI=1S/C21H17F3N4S/c1-14-10-17(13-29-18-9-5-8-16(12-18)21(22,23)24)25-20-26-19(27-28(14)20)11-15-6-3-2-4-7-15/h2-10,12H,11,13H2,1H3. The second-order valence-electron chi connectivity index (χ2n) is 6.61. The van der Waals surface area contributed by atoms with Gasteiger partial charge in [0.05, 0.1) is 11.3 Å². The maximum atomic E-state index is 12.9. The highest BCUT2D eigenvalue weighted by Crippen LogP contribution is 2.32. The number of aryl methyl sites for hydroxylation is 1. The quantitative estimate of drug-likeness (QED) is 0.414. The molecule has 0 radical (unpaired) electrons. The van der Waals surface area contributed by atoms with E-state index in [0.29, 0.717) is 28.7 Å². The molecule has 148 valence electrons. The van der Waals surface area contributed by atoms with Crippen LogP contribution in [0.2, 0.25) is 0 Å². The molecule has 0 spiro atoms. The monoisotopic (exact) mass is 414 g/mol. The van der Waals surface area contributed by atoms with E-state index in [2.05, 4.69) is 15.1 Å². The number of benzene rings is 2. The molecule has 4 aromatic rings. The van der Waals surface area contributed by atoms with E-state index in [9.17, 15) is 13.2 Å². The fraction of sp³-hybridized carbons (Fsp3) is 0.190. The minimum absolute atomic E-state index is 0.444. The summed E-state index contributed by atoms with van der Waals surface area (Å²) in [5.41, 5.74) is 2.09. The first kappa shape index (κ1) is 19.4. The van der Waals surface area contributed by atoms with Gasteiger partial charge in [-0.25, -0.2) is 9.50 Å². The zero-order chi connectivity index (χ0) is 20.4. The molecule has 29 heavy (non-hydrogen) atoms. The molecule has 2 aromatic heterocycles. The molecule has 0 saturated heterocycles. The van der Waals surface area contributed by atoms with Crippen molar-refractivity contribution >= 4 is 17.5 Å². The summed E-state index contributed by atoms with van der Waals surface area (Å²) < 4.78 is 40.3. The maximum absolute atomic E-state index is 12.9. The third-order valence-electron chi connectivity index (χ3n) is 4.34. The Kier molecular flexibility index (Phi) is 5.27. The Bertz CT molecular complexity index is 1140. The van der Waals surface area contributed by atoms with Gasteiger partial charge in [-0.1, -0.05) is 36.4 Å². The van der Waals surface area contributed by atoms with E-state index in [1.807, 2.05) is 43.3 Å². The van der Waals surface area contributed by atoms with Crippen molar-refractivity contribution in [2.24, 2.45) is 0 Å². The summed E-state index contributed by atoms with van der Waals surface area (Å²) in [5.74, 6) is 1.62. The topological polar surface area (TPSA) is 43.1 Å². The molecule has 0 fully saturated rings. The molecule has 0 bridgehead atoms. The van der Waals surface area contributed by atoms with E-state index in [-0.39, 0.29) is 0 Å². The minimum atomic E-state index is -4.35. The number of alkyl halides is 3. The Hall–Kier alpha value is -2.87. The summed E-state index contributed by atoms with van der Waals surface area (Å²) in [5, 5.41) is 4.52. The van der Waals surface area contributed by atoms with Gasteiger partial charge in [-0.2, -0.15) is 18.2 Å². The number of fused-ring (bicyclic) bond motifs is 1. The Labute approximate surface area is 169 Å². The van der Waals surface area contributed by atoms with Gasteiger partial charge in [-0.3, -0.25) is 0 Å². The fourth-order valence-corrected chi connectivity index (χ4v) is 3.81. The van der Waals surface area contributed by atoms with E-state index in [1.54, 1.807) is 10.6 Å². The highest BCUT2D eigenvalue weighted by atomic mass is 32.2. The predicted molar refractivity (Wildman–Crippen MR) is 106 cm³/mol. The Balaban J connectivity index is 1.53. The molecule has 0 unspecified atom stereocenters. The molecule has 0 saturated carbocycles. The van der Waals surface area contributed by atoms with Gasteiger partial charge in [-0.15, -0.1) is 16.9 Å². The summed E-state index contributed by atoms with van der Waals surface area (Å²) in [4.78, 5) is 9.59. The SMILES string of the molecule is Cc1cc(CSc2cccc(C(F)(F)F)c2)nc2nc(Cc3ccccc3)nn12. The third-order valence-corrected chi connectivity index (χ3v) is 5.37. The first-order valence-corrected chi connectivity index (χ1v) is 9.93. The molecule has 4 nitrogen and oxygen atoms in total. The number of nitrogens with zero attached hydrogens (tertiary/aromatic N) is 4. The van der Waals surface area contributed by atoms with Crippen molar-refractivity contribution in [1.29, 1.82) is 0 Å². The normalized spacial score (nSPS) is 11.9. The van der Waals surface area contributed by atoms with Gasteiger partial charge in [0.2, 0.25) is 0 Å². The average molecular weight is 414 g/mol. The zero-order valence-corrected chi connectivity index (χ0v) is 16.3. The molecular formula is C21H17F3N4S. The molecule has 0 aliphatic rings. The number of rotatable bonds is 5. The molecule has 0 N–H and O–H groups in total. The first-order chi connectivity index (χ1) is 13.9. The summed E-state index contributed by atoms with van der Waals surface area (Å²) in [6.07, 6.45) is -3.74. The predicted octanol–water partition coefficient (Wildman–Crippen LogP) is 5.33. The van der Waals surface area contributed by atoms with Crippen LogP contribution in [-0.4, -0.2) is 19.6 Å². The average Bonchev–Trinajstić information content (AvgIpc) is 3.10. The lowest BCUT2D eigenvalue weighted by Crippen LogP contribution is -2.04. The molecule has 0 amide bonds. The molecular weight excluding hydrogens is 397 g/mol. The van der Waals surface area contributed by atoms with Gasteiger partial charge in [-0.05, 0) is 36.8 Å². The number of aromatic nitrogens is 4. The van der Waals surface area contributed by atoms with Crippen LogP contribution in [0.5, 0.6) is 0 Å². The van der Waals surface area contributed by atoms with Gasteiger partial charge in [0.25, 0.3) is 5.78 Å². The third kappa shape index (κ3) is 4.59. The molecule has 8 heteroatoms. The van der Waals surface area contributed by atoms with Crippen molar-refractivity contribution in [2.75, 3.05) is 0 Å². The van der Waals surface area contributed by atoms with Crippen molar-refractivity contribution in [3.05, 3.63) is 89.0 Å². The minimum Gasteiger partial charge on any atom is -0.215 e. The summed E-state index contributed by atoms with van der Waals surface area (Å²) in [6, 6.07) is 17.1. The van der Waals surface area contributed by atoms with Crippen LogP contribution in [0, 0.1) is 6.92 Å². The van der Waals surface area contributed by atoms with Gasteiger partial charge < -0.3 is 0 Å². The van der Waals surface area contributed by atoms with Crippen molar-refractivity contribution < 1.29 is 13.2 Å². The van der Waals surface area contributed by atoms with Gasteiger partial charge >= 0.3 is 6.18 Å². The van der Waals surface area contributed by atoms with Crippen molar-refractivity contribution in [3.8, 4) is 0 Å². The number of halogens is 3. The molecule has 0 atom stereocenters. The van der Waals surface area contributed by atoms with E-state index in [4.69, 9.17) is 0 Å². The highest BCUT2D eigenvalue weighted by molar-refractivity contribution is 7.98. The van der Waals surface area contributed by atoms with Crippen LogP contribution in [-0.2, 0) is 18.3 Å². The lowest BCUT2D eigenvalue weighted by Gasteiger charge is -2.08. The summed E-state index contributed by atoms with van der Waals surface area (Å²) in [7, 11) is 0. The largest absolute Gasteiger partial charge is 0.416 e. The molecule has 2 heterocycles. The lowest BCUT2D eigenvalue weighted by atomic mass is 10.1. The van der Waals surface area contributed by atoms with Crippen molar-refractivity contribution in [1.82, 2.24) is 19.6 Å². The lowest BCUT2D eigenvalue weighted by molar-refractivity contribution is -0.137.